The molecule has 2 aromatic heterocycles. The van der Waals surface area contributed by atoms with Crippen LogP contribution in [0.15, 0.2) is 17.6 Å². The minimum Gasteiger partial charge on any atom is -0.295 e. The van der Waals surface area contributed by atoms with Gasteiger partial charge >= 0.3 is 0 Å². The highest BCUT2D eigenvalue weighted by molar-refractivity contribution is 7.09. The highest BCUT2D eigenvalue weighted by Crippen LogP contribution is 2.12. The predicted molar refractivity (Wildman–Crippen MR) is 79.3 cm³/mol. The fourth-order valence-electron chi connectivity index (χ4n) is 2.16. The Bertz CT molecular complexity index is 502. The first-order valence-electron chi connectivity index (χ1n) is 6.68. The van der Waals surface area contributed by atoms with E-state index >= 15 is 0 Å². The van der Waals surface area contributed by atoms with Crippen LogP contribution in [0.4, 0.5) is 0 Å². The quantitative estimate of drug-likeness (QED) is 0.814. The molecule has 2 rings (SSSR count). The van der Waals surface area contributed by atoms with Crippen molar-refractivity contribution in [2.24, 2.45) is 7.05 Å². The fraction of sp³-hybridized carbons (Fsp3) is 0.571. The number of aryl methyl sites for hydroxylation is 2. The molecule has 0 spiro atoms. The van der Waals surface area contributed by atoms with Crippen molar-refractivity contribution in [3.63, 3.8) is 0 Å². The van der Waals surface area contributed by atoms with Crippen LogP contribution in [-0.4, -0.2) is 32.3 Å². The van der Waals surface area contributed by atoms with Gasteiger partial charge in [0.05, 0.1) is 16.4 Å². The average Bonchev–Trinajstić information content (AvgIpc) is 2.94. The van der Waals surface area contributed by atoms with E-state index in [0.29, 0.717) is 6.04 Å². The second-order valence-corrected chi connectivity index (χ2v) is 6.12. The molecule has 4 nitrogen and oxygen atoms in total. The summed E-state index contributed by atoms with van der Waals surface area (Å²) in [5.74, 6) is 0. The van der Waals surface area contributed by atoms with Crippen LogP contribution in [0.3, 0.4) is 0 Å². The zero-order valence-electron chi connectivity index (χ0n) is 12.1. The van der Waals surface area contributed by atoms with E-state index in [0.717, 1.165) is 25.2 Å². The van der Waals surface area contributed by atoms with E-state index < -0.39 is 0 Å². The Morgan fingerprint density at radius 2 is 2.21 bits per heavy atom. The van der Waals surface area contributed by atoms with Crippen molar-refractivity contribution in [1.82, 2.24) is 19.7 Å². The van der Waals surface area contributed by atoms with E-state index in [1.54, 1.807) is 11.3 Å². The van der Waals surface area contributed by atoms with Crippen LogP contribution in [-0.2, 0) is 20.0 Å². The van der Waals surface area contributed by atoms with Crippen LogP contribution in [0.5, 0.6) is 0 Å². The molecule has 0 aliphatic carbocycles. The van der Waals surface area contributed by atoms with Crippen molar-refractivity contribution >= 4 is 11.3 Å². The van der Waals surface area contributed by atoms with E-state index in [1.165, 1.54) is 10.7 Å². The van der Waals surface area contributed by atoms with Gasteiger partial charge in [0.2, 0.25) is 0 Å². The molecule has 0 unspecified atom stereocenters. The van der Waals surface area contributed by atoms with E-state index in [4.69, 9.17) is 0 Å². The van der Waals surface area contributed by atoms with Gasteiger partial charge in [-0.05, 0) is 26.8 Å². The molecule has 0 fully saturated rings. The first-order chi connectivity index (χ1) is 9.06. The lowest BCUT2D eigenvalue weighted by molar-refractivity contribution is 0.210. The van der Waals surface area contributed by atoms with Crippen molar-refractivity contribution < 1.29 is 0 Å². The van der Waals surface area contributed by atoms with Gasteiger partial charge in [-0.3, -0.25) is 9.58 Å². The number of rotatable bonds is 6. The first-order valence-corrected chi connectivity index (χ1v) is 7.56. The lowest BCUT2D eigenvalue weighted by Crippen LogP contribution is -2.33. The van der Waals surface area contributed by atoms with E-state index in [9.17, 15) is 0 Å². The van der Waals surface area contributed by atoms with Crippen LogP contribution >= 0.6 is 11.3 Å². The van der Waals surface area contributed by atoms with Crippen LogP contribution in [0.2, 0.25) is 0 Å². The minimum atomic E-state index is 0.523. The number of thiazole rings is 1. The van der Waals surface area contributed by atoms with Crippen LogP contribution in [0.1, 0.15) is 30.2 Å². The molecule has 2 heterocycles. The Balaban J connectivity index is 1.98. The number of hydrogen-bond donors (Lipinski definition) is 0. The highest BCUT2D eigenvalue weighted by Gasteiger charge is 2.13. The van der Waals surface area contributed by atoms with Gasteiger partial charge < -0.3 is 0 Å². The summed E-state index contributed by atoms with van der Waals surface area (Å²) >= 11 is 1.73. The molecule has 0 amide bonds. The van der Waals surface area contributed by atoms with Gasteiger partial charge in [0.15, 0.2) is 0 Å². The third-order valence-corrected chi connectivity index (χ3v) is 4.13. The van der Waals surface area contributed by atoms with Crippen molar-refractivity contribution in [3.05, 3.63) is 34.0 Å². The zero-order chi connectivity index (χ0) is 13.8. The summed E-state index contributed by atoms with van der Waals surface area (Å²) in [4.78, 5) is 6.82. The molecular weight excluding hydrogens is 256 g/mol. The smallest absolute Gasteiger partial charge is 0.0937 e. The molecule has 0 saturated carbocycles. The van der Waals surface area contributed by atoms with Gasteiger partial charge in [-0.1, -0.05) is 0 Å². The fourth-order valence-corrected chi connectivity index (χ4v) is 2.77. The minimum absolute atomic E-state index is 0.523. The Labute approximate surface area is 119 Å². The molecule has 0 bridgehead atoms. The Morgan fingerprint density at radius 3 is 2.74 bits per heavy atom. The lowest BCUT2D eigenvalue weighted by Gasteiger charge is -2.26. The Kier molecular flexibility index (Phi) is 4.71. The molecule has 2 aromatic rings. The Hall–Kier alpha value is -1.20. The van der Waals surface area contributed by atoms with E-state index in [1.807, 2.05) is 30.2 Å². The molecule has 0 atom stereocenters. The monoisotopic (exact) mass is 278 g/mol. The third-order valence-electron chi connectivity index (χ3n) is 3.29. The van der Waals surface area contributed by atoms with Gasteiger partial charge in [0.1, 0.15) is 0 Å². The number of aromatic nitrogens is 3. The second-order valence-electron chi connectivity index (χ2n) is 5.14. The SMILES string of the molecule is Cc1cc(CN(CCc2nccs2)C(C)C)n(C)n1. The number of hydrogen-bond acceptors (Lipinski definition) is 4. The molecule has 0 aromatic carbocycles. The van der Waals surface area contributed by atoms with Gasteiger partial charge in [0, 0.05) is 44.2 Å². The van der Waals surface area contributed by atoms with Gasteiger partial charge in [-0.15, -0.1) is 11.3 Å². The first kappa shape index (κ1) is 14.2. The molecule has 0 aliphatic heterocycles. The Morgan fingerprint density at radius 1 is 1.42 bits per heavy atom. The molecule has 0 aliphatic rings. The summed E-state index contributed by atoms with van der Waals surface area (Å²) in [5.41, 5.74) is 2.35. The van der Waals surface area contributed by atoms with Crippen molar-refractivity contribution in [2.75, 3.05) is 6.54 Å². The zero-order valence-corrected chi connectivity index (χ0v) is 12.9. The summed E-state index contributed by atoms with van der Waals surface area (Å²) in [7, 11) is 2.02. The van der Waals surface area contributed by atoms with E-state index in [-0.39, 0.29) is 0 Å². The molecule has 5 heteroatoms. The van der Waals surface area contributed by atoms with Crippen molar-refractivity contribution in [2.45, 2.75) is 39.8 Å². The van der Waals surface area contributed by atoms with Gasteiger partial charge in [-0.2, -0.15) is 5.10 Å². The summed E-state index contributed by atoms with van der Waals surface area (Å²) < 4.78 is 1.98. The summed E-state index contributed by atoms with van der Waals surface area (Å²) in [6.07, 6.45) is 2.90. The maximum absolute atomic E-state index is 4.41. The number of nitrogens with zero attached hydrogens (tertiary/aromatic N) is 4. The molecule has 0 radical (unpaired) electrons. The van der Waals surface area contributed by atoms with Gasteiger partial charge in [0.25, 0.3) is 0 Å². The molecular formula is C14H22N4S. The normalized spacial score (nSPS) is 11.7. The maximum atomic E-state index is 4.41. The second kappa shape index (κ2) is 6.30. The van der Waals surface area contributed by atoms with Crippen molar-refractivity contribution in [1.29, 1.82) is 0 Å². The predicted octanol–water partition coefficient (Wildman–Crippen LogP) is 2.64. The summed E-state index contributed by atoms with van der Waals surface area (Å²) in [5, 5.41) is 7.67. The lowest BCUT2D eigenvalue weighted by atomic mass is 10.2. The van der Waals surface area contributed by atoms with Crippen LogP contribution < -0.4 is 0 Å². The largest absolute Gasteiger partial charge is 0.295 e. The van der Waals surface area contributed by atoms with Crippen molar-refractivity contribution in [3.8, 4) is 0 Å². The molecule has 0 saturated heterocycles. The topological polar surface area (TPSA) is 34.0 Å². The van der Waals surface area contributed by atoms with Crippen LogP contribution in [0.25, 0.3) is 0 Å². The molecule has 0 N–H and O–H groups in total. The highest BCUT2D eigenvalue weighted by atomic mass is 32.1. The average molecular weight is 278 g/mol. The molecule has 104 valence electrons. The van der Waals surface area contributed by atoms with E-state index in [2.05, 4.69) is 34.9 Å². The standard InChI is InChI=1S/C14H22N4S/c1-11(2)18(7-5-14-15-6-8-19-14)10-13-9-12(3)16-17(13)4/h6,8-9,11H,5,7,10H2,1-4H3. The van der Waals surface area contributed by atoms with Crippen LogP contribution in [0, 0.1) is 6.92 Å². The summed E-state index contributed by atoms with van der Waals surface area (Å²) in [6.45, 7) is 8.50. The maximum Gasteiger partial charge on any atom is 0.0937 e. The van der Waals surface area contributed by atoms with Gasteiger partial charge in [-0.25, -0.2) is 4.98 Å². The molecule has 19 heavy (non-hydrogen) atoms. The summed E-state index contributed by atoms with van der Waals surface area (Å²) in [6, 6.07) is 2.69. The third kappa shape index (κ3) is 3.88.